The number of hydrogen-bond acceptors (Lipinski definition) is 5. The monoisotopic (exact) mass is 404 g/mol. The van der Waals surface area contributed by atoms with Crippen LogP contribution < -0.4 is 16.4 Å². The molecule has 19 heavy (non-hydrogen) atoms. The molecule has 4 N–H and O–H groups in total. The maximum atomic E-state index is 12.1. The predicted molar refractivity (Wildman–Crippen MR) is 85.9 cm³/mol. The summed E-state index contributed by atoms with van der Waals surface area (Å²) in [7, 11) is 1.73. The van der Waals surface area contributed by atoms with Crippen LogP contribution in [0.3, 0.4) is 0 Å². The average molecular weight is 406 g/mol. The Kier molecular flexibility index (Phi) is 4.43. The molecule has 0 aliphatic rings. The molecule has 1 amide bonds. The van der Waals surface area contributed by atoms with Crippen LogP contribution in [0.4, 0.5) is 16.6 Å². The number of halogens is 2. The van der Waals surface area contributed by atoms with Crippen molar-refractivity contribution in [1.29, 1.82) is 0 Å². The number of nitrogen functional groups attached to an aromatic ring is 1. The van der Waals surface area contributed by atoms with Gasteiger partial charge in [0.05, 0.1) is 5.69 Å². The van der Waals surface area contributed by atoms with Crippen LogP contribution in [0.15, 0.2) is 27.1 Å². The van der Waals surface area contributed by atoms with Gasteiger partial charge in [0.25, 0.3) is 5.91 Å². The Morgan fingerprint density at radius 3 is 2.79 bits per heavy atom. The van der Waals surface area contributed by atoms with Crippen LogP contribution in [0.2, 0.25) is 0 Å². The molecule has 0 spiro atoms. The third kappa shape index (κ3) is 3.26. The highest BCUT2D eigenvalue weighted by molar-refractivity contribution is 9.11. The van der Waals surface area contributed by atoms with Gasteiger partial charge in [-0.2, -0.15) is 0 Å². The molecule has 8 heteroatoms. The van der Waals surface area contributed by atoms with E-state index in [1.54, 1.807) is 13.1 Å². The molecule has 2 aromatic rings. The lowest BCUT2D eigenvalue weighted by atomic mass is 10.3. The molecule has 1 aromatic heterocycles. The lowest BCUT2D eigenvalue weighted by molar-refractivity contribution is 0.103. The van der Waals surface area contributed by atoms with Crippen molar-refractivity contribution in [3.63, 3.8) is 0 Å². The van der Waals surface area contributed by atoms with Crippen molar-refractivity contribution in [3.05, 3.63) is 32.0 Å². The highest BCUT2D eigenvalue weighted by atomic mass is 79.9. The number of benzene rings is 1. The Balaban J connectivity index is 2.25. The first-order valence-corrected chi connectivity index (χ1v) is 7.62. The molecular formula is C11H10Br2N4OS. The standard InChI is InChI=1S/C11H10Br2N4OS/c1-15-11-17-9(14)8(19-11)10(18)16-7-4-5(12)2-3-6(7)13/h2-4H,14H2,1H3,(H,15,17)(H,16,18). The fourth-order valence-corrected chi connectivity index (χ4v) is 2.81. The summed E-state index contributed by atoms with van der Waals surface area (Å²) in [4.78, 5) is 16.6. The zero-order valence-corrected chi connectivity index (χ0v) is 13.8. The van der Waals surface area contributed by atoms with E-state index < -0.39 is 0 Å². The quantitative estimate of drug-likeness (QED) is 0.729. The minimum atomic E-state index is -0.282. The Labute approximate surface area is 130 Å². The smallest absolute Gasteiger partial charge is 0.269 e. The lowest BCUT2D eigenvalue weighted by Crippen LogP contribution is -2.12. The number of nitrogens with two attached hydrogens (primary N) is 1. The number of carbonyl (C=O) groups is 1. The van der Waals surface area contributed by atoms with Crippen molar-refractivity contribution in [2.45, 2.75) is 0 Å². The highest BCUT2D eigenvalue weighted by Gasteiger charge is 2.16. The zero-order chi connectivity index (χ0) is 14.0. The second-order valence-corrected chi connectivity index (χ2v) is 6.33. The van der Waals surface area contributed by atoms with Crippen LogP contribution in [-0.4, -0.2) is 17.9 Å². The second kappa shape index (κ2) is 5.89. The van der Waals surface area contributed by atoms with Crippen LogP contribution in [0.5, 0.6) is 0 Å². The van der Waals surface area contributed by atoms with Gasteiger partial charge in [-0.3, -0.25) is 4.79 Å². The van der Waals surface area contributed by atoms with Crippen molar-refractivity contribution in [2.24, 2.45) is 0 Å². The largest absolute Gasteiger partial charge is 0.382 e. The molecule has 0 radical (unpaired) electrons. The highest BCUT2D eigenvalue weighted by Crippen LogP contribution is 2.29. The van der Waals surface area contributed by atoms with Gasteiger partial charge in [-0.05, 0) is 34.1 Å². The van der Waals surface area contributed by atoms with E-state index in [0.29, 0.717) is 15.7 Å². The number of hydrogen-bond donors (Lipinski definition) is 3. The van der Waals surface area contributed by atoms with E-state index in [1.807, 2.05) is 12.1 Å². The van der Waals surface area contributed by atoms with E-state index in [0.717, 1.165) is 8.95 Å². The summed E-state index contributed by atoms with van der Waals surface area (Å²) in [5.41, 5.74) is 6.38. The average Bonchev–Trinajstić information content (AvgIpc) is 2.75. The second-order valence-electron chi connectivity index (χ2n) is 3.56. The summed E-state index contributed by atoms with van der Waals surface area (Å²) in [6, 6.07) is 5.52. The molecule has 2 rings (SSSR count). The Morgan fingerprint density at radius 1 is 1.42 bits per heavy atom. The number of nitrogens with zero attached hydrogens (tertiary/aromatic N) is 1. The molecule has 0 unspecified atom stereocenters. The molecule has 0 saturated carbocycles. The maximum Gasteiger partial charge on any atom is 0.269 e. The summed E-state index contributed by atoms with van der Waals surface area (Å²) in [6.07, 6.45) is 0. The van der Waals surface area contributed by atoms with E-state index in [9.17, 15) is 4.79 Å². The molecule has 0 aliphatic heterocycles. The first-order chi connectivity index (χ1) is 9.01. The van der Waals surface area contributed by atoms with E-state index in [2.05, 4.69) is 47.5 Å². The lowest BCUT2D eigenvalue weighted by Gasteiger charge is -2.06. The Bertz CT molecular complexity index is 629. The number of thiazole rings is 1. The summed E-state index contributed by atoms with van der Waals surface area (Å²) >= 11 is 7.94. The number of amides is 1. The minimum Gasteiger partial charge on any atom is -0.382 e. The van der Waals surface area contributed by atoms with E-state index in [4.69, 9.17) is 5.73 Å². The summed E-state index contributed by atoms with van der Waals surface area (Å²) in [6.45, 7) is 0. The predicted octanol–water partition coefficient (Wildman–Crippen LogP) is 3.54. The number of anilines is 3. The van der Waals surface area contributed by atoms with Crippen molar-refractivity contribution < 1.29 is 4.79 Å². The fourth-order valence-electron chi connectivity index (χ4n) is 1.37. The molecular weight excluding hydrogens is 396 g/mol. The van der Waals surface area contributed by atoms with Crippen molar-refractivity contribution in [2.75, 3.05) is 23.4 Å². The van der Waals surface area contributed by atoms with Crippen LogP contribution in [0.25, 0.3) is 0 Å². The Morgan fingerprint density at radius 2 is 2.16 bits per heavy atom. The number of carbonyl (C=O) groups excluding carboxylic acids is 1. The van der Waals surface area contributed by atoms with Gasteiger partial charge in [0.1, 0.15) is 10.7 Å². The van der Waals surface area contributed by atoms with E-state index in [-0.39, 0.29) is 11.7 Å². The van der Waals surface area contributed by atoms with E-state index >= 15 is 0 Å². The van der Waals surface area contributed by atoms with Crippen molar-refractivity contribution in [3.8, 4) is 0 Å². The molecule has 0 atom stereocenters. The van der Waals surface area contributed by atoms with E-state index in [1.165, 1.54) is 11.3 Å². The molecule has 1 aromatic carbocycles. The molecule has 0 saturated heterocycles. The van der Waals surface area contributed by atoms with Crippen molar-refractivity contribution >= 4 is 65.7 Å². The van der Waals surface area contributed by atoms with Gasteiger partial charge in [-0.15, -0.1) is 0 Å². The number of nitrogens with one attached hydrogen (secondary N) is 2. The fraction of sp³-hybridized carbons (Fsp3) is 0.0909. The normalized spacial score (nSPS) is 10.3. The van der Waals surface area contributed by atoms with Gasteiger partial charge < -0.3 is 16.4 Å². The minimum absolute atomic E-state index is 0.220. The maximum absolute atomic E-state index is 12.1. The molecule has 100 valence electrons. The third-order valence-corrected chi connectivity index (χ3v) is 4.52. The van der Waals surface area contributed by atoms with Crippen LogP contribution in [-0.2, 0) is 0 Å². The van der Waals surface area contributed by atoms with Crippen LogP contribution in [0, 0.1) is 0 Å². The first-order valence-electron chi connectivity index (χ1n) is 5.21. The van der Waals surface area contributed by atoms with Crippen LogP contribution in [0.1, 0.15) is 9.67 Å². The zero-order valence-electron chi connectivity index (χ0n) is 9.83. The number of aromatic nitrogens is 1. The van der Waals surface area contributed by atoms with Gasteiger partial charge in [-0.1, -0.05) is 27.3 Å². The van der Waals surface area contributed by atoms with Crippen LogP contribution >= 0.6 is 43.2 Å². The molecule has 0 bridgehead atoms. The molecule has 0 aliphatic carbocycles. The van der Waals surface area contributed by atoms with Gasteiger partial charge in [0.15, 0.2) is 5.13 Å². The topological polar surface area (TPSA) is 80.0 Å². The van der Waals surface area contributed by atoms with Gasteiger partial charge in [0, 0.05) is 16.0 Å². The summed E-state index contributed by atoms with van der Waals surface area (Å²) < 4.78 is 1.67. The molecule has 0 fully saturated rings. The van der Waals surface area contributed by atoms with Crippen molar-refractivity contribution in [1.82, 2.24) is 4.98 Å². The van der Waals surface area contributed by atoms with Gasteiger partial charge in [0.2, 0.25) is 0 Å². The molecule has 1 heterocycles. The first kappa shape index (κ1) is 14.3. The third-order valence-electron chi connectivity index (χ3n) is 2.25. The SMILES string of the molecule is CNc1nc(N)c(C(=O)Nc2cc(Br)ccc2Br)s1. The van der Waals surface area contributed by atoms with Gasteiger partial charge in [-0.25, -0.2) is 4.98 Å². The number of rotatable bonds is 3. The molecule has 5 nitrogen and oxygen atoms in total. The summed E-state index contributed by atoms with van der Waals surface area (Å²) in [5.74, 6) is -0.0618. The summed E-state index contributed by atoms with van der Waals surface area (Å²) in [5, 5.41) is 6.26. The Hall–Kier alpha value is -1.12. The van der Waals surface area contributed by atoms with Gasteiger partial charge >= 0.3 is 0 Å².